The minimum Gasteiger partial charge on any atom is -0.311 e. The summed E-state index contributed by atoms with van der Waals surface area (Å²) in [6, 6.07) is 109. The molecule has 0 unspecified atom stereocenters. The highest BCUT2D eigenvalue weighted by Gasteiger charge is 2.47. The van der Waals surface area contributed by atoms with Crippen LogP contribution in [0.15, 0.2) is 307 Å². The van der Waals surface area contributed by atoms with E-state index < -0.39 is 0 Å². The van der Waals surface area contributed by atoms with Gasteiger partial charge in [0.2, 0.25) is 6.71 Å². The van der Waals surface area contributed by atoms with Crippen molar-refractivity contribution in [3.05, 3.63) is 297 Å². The molecule has 0 saturated heterocycles. The number of nitrogens with zero attached hydrogens (tertiary/aromatic N) is 5. The Balaban J connectivity index is 0.982. The molecule has 16 rings (SSSR count). The summed E-state index contributed by atoms with van der Waals surface area (Å²) in [6.45, 7) is -0.141. The number of benzene rings is 12. The van der Waals surface area contributed by atoms with Crippen LogP contribution in [0.2, 0.25) is 0 Å². The van der Waals surface area contributed by atoms with E-state index in [1.54, 1.807) is 0 Å². The van der Waals surface area contributed by atoms with Gasteiger partial charge in [-0.05, 0) is 155 Å². The highest BCUT2D eigenvalue weighted by Crippen LogP contribution is 2.51. The first-order chi connectivity index (χ1) is 39.7. The zero-order valence-electron chi connectivity index (χ0n) is 43.6. The van der Waals surface area contributed by atoms with E-state index in [1.807, 2.05) is 11.8 Å². The zero-order chi connectivity index (χ0) is 52.7. The summed E-state index contributed by atoms with van der Waals surface area (Å²) in [5.74, 6) is 0. The predicted molar refractivity (Wildman–Crippen MR) is 340 cm³/mol. The molecule has 0 aliphatic carbocycles. The molecule has 0 radical (unpaired) electrons. The van der Waals surface area contributed by atoms with E-state index >= 15 is 0 Å². The maximum absolute atomic E-state index is 2.62. The van der Waals surface area contributed by atoms with Crippen LogP contribution in [0.1, 0.15) is 0 Å². The van der Waals surface area contributed by atoms with Crippen LogP contribution in [0.25, 0.3) is 0 Å². The molecule has 0 N–H and O–H groups in total. The highest BCUT2D eigenvalue weighted by molar-refractivity contribution is 8.00. The Hall–Kier alpha value is -9.88. The molecule has 0 atom stereocenters. The Morgan fingerprint density at radius 1 is 0.237 bits per heavy atom. The molecule has 4 heterocycles. The van der Waals surface area contributed by atoms with Gasteiger partial charge in [-0.1, -0.05) is 187 Å². The maximum Gasteiger partial charge on any atom is 0.252 e. The number of rotatable bonds is 9. The van der Waals surface area contributed by atoms with E-state index in [0.717, 1.165) is 62.6 Å². The largest absolute Gasteiger partial charge is 0.311 e. The average Bonchev–Trinajstić information content (AvgIpc) is 3.57. The van der Waals surface area contributed by atoms with Crippen molar-refractivity contribution in [2.45, 2.75) is 9.79 Å². The van der Waals surface area contributed by atoms with Gasteiger partial charge in [-0.3, -0.25) is 0 Å². The van der Waals surface area contributed by atoms with Crippen LogP contribution in [0.3, 0.4) is 0 Å². The van der Waals surface area contributed by atoms with Gasteiger partial charge < -0.3 is 24.5 Å². The van der Waals surface area contributed by atoms with E-state index in [-0.39, 0.29) is 13.4 Å². The first kappa shape index (κ1) is 46.2. The Kier molecular flexibility index (Phi) is 10.9. The summed E-state index contributed by atoms with van der Waals surface area (Å²) in [4.78, 5) is 14.9. The molecule has 0 saturated carbocycles. The van der Waals surface area contributed by atoms with Crippen molar-refractivity contribution < 1.29 is 0 Å². The van der Waals surface area contributed by atoms with Gasteiger partial charge in [-0.15, -0.1) is 0 Å². The van der Waals surface area contributed by atoms with E-state index in [9.17, 15) is 0 Å². The van der Waals surface area contributed by atoms with Gasteiger partial charge in [0.25, 0.3) is 6.71 Å². The molecule has 4 aliphatic rings. The molecule has 0 aromatic heterocycles. The van der Waals surface area contributed by atoms with Crippen molar-refractivity contribution in [1.29, 1.82) is 0 Å². The summed E-state index contributed by atoms with van der Waals surface area (Å²) in [7, 11) is 0. The lowest BCUT2D eigenvalue weighted by molar-refractivity contribution is 1.22. The van der Waals surface area contributed by atoms with Gasteiger partial charge in [0, 0.05) is 89.4 Å². The molecule has 0 bridgehead atoms. The maximum atomic E-state index is 2.62. The number of fused-ring (bicyclic) bond motifs is 8. The fourth-order valence-electron chi connectivity index (χ4n) is 13.1. The number of para-hydroxylation sites is 9. The molecular weight excluding hydrogens is 989 g/mol. The van der Waals surface area contributed by atoms with Crippen LogP contribution < -0.4 is 57.3 Å². The molecule has 12 aromatic rings. The molecule has 0 amide bonds. The van der Waals surface area contributed by atoms with Crippen LogP contribution >= 0.6 is 11.8 Å². The van der Waals surface area contributed by atoms with Gasteiger partial charge in [0.05, 0.1) is 5.69 Å². The lowest BCUT2D eigenvalue weighted by Crippen LogP contribution is -2.64. The van der Waals surface area contributed by atoms with Gasteiger partial charge in [0.15, 0.2) is 0 Å². The Labute approximate surface area is 472 Å². The second kappa shape index (κ2) is 18.9. The van der Waals surface area contributed by atoms with Crippen molar-refractivity contribution in [2.24, 2.45) is 0 Å². The normalized spacial score (nSPS) is 13.1. The topological polar surface area (TPSA) is 16.2 Å². The highest BCUT2D eigenvalue weighted by atomic mass is 32.2. The van der Waals surface area contributed by atoms with Gasteiger partial charge in [-0.25, -0.2) is 0 Å². The SMILES string of the molecule is c1ccc(N(c2ccccc2)c2cc3c4c(c2)N(c2ccccc2)c2ccccc2B4c2cc4c(cc2S3)N(c2ccccc2)c2cc(N(c3ccccc3)c3ccccc3)cc3c2B4c2ccccc2N3c2ccccc2)cc1. The summed E-state index contributed by atoms with van der Waals surface area (Å²) in [6.07, 6.45) is 0. The molecule has 0 spiro atoms. The fraction of sp³-hybridized carbons (Fsp3) is 0. The first-order valence-corrected chi connectivity index (χ1v) is 28.3. The summed E-state index contributed by atoms with van der Waals surface area (Å²) in [5.41, 5.74) is 24.8. The van der Waals surface area contributed by atoms with Crippen LogP contribution in [0.5, 0.6) is 0 Å². The third kappa shape index (κ3) is 7.37. The number of anilines is 15. The van der Waals surface area contributed by atoms with Crippen LogP contribution in [-0.2, 0) is 0 Å². The minimum absolute atomic E-state index is 0.0490. The summed E-state index contributed by atoms with van der Waals surface area (Å²) < 4.78 is 0. The molecular formula is C72H49B2N5S. The van der Waals surface area contributed by atoms with Crippen molar-refractivity contribution in [2.75, 3.05) is 24.5 Å². The zero-order valence-corrected chi connectivity index (χ0v) is 44.4. The Bertz CT molecular complexity index is 4230. The molecule has 8 heteroatoms. The van der Waals surface area contributed by atoms with Crippen molar-refractivity contribution in [3.8, 4) is 0 Å². The van der Waals surface area contributed by atoms with Gasteiger partial charge in [0.1, 0.15) is 0 Å². The quantitative estimate of drug-likeness (QED) is 0.133. The standard InChI is InChI=1S/C72H49B2N5S/c1-8-26-50(27-9-1)75(51-28-10-2-11-29-51)57-44-66-71-67(45-57)79(56-38-20-7-21-39-56)65-49-69-62(48-61(65)73(71)59-40-22-24-42-63(59)77(66)54-34-16-5-17-35-54)74-60-41-23-25-43-64(60)78(55-36-18-6-19-37-55)68-46-58(47-70(80-69)72(68)74)76(52-30-12-3-13-31-52)53-32-14-4-15-33-53/h1-49H. The van der Waals surface area contributed by atoms with Crippen LogP contribution in [-0.4, -0.2) is 13.4 Å². The lowest BCUT2D eigenvalue weighted by atomic mass is 9.31. The molecule has 374 valence electrons. The van der Waals surface area contributed by atoms with Crippen LogP contribution in [0, 0.1) is 0 Å². The Morgan fingerprint density at radius 2 is 0.575 bits per heavy atom. The van der Waals surface area contributed by atoms with Gasteiger partial charge >= 0.3 is 0 Å². The van der Waals surface area contributed by atoms with Crippen molar-refractivity contribution in [3.63, 3.8) is 0 Å². The number of hydrogen-bond acceptors (Lipinski definition) is 6. The minimum atomic E-state index is -0.0921. The smallest absolute Gasteiger partial charge is 0.252 e. The van der Waals surface area contributed by atoms with E-state index in [4.69, 9.17) is 0 Å². The first-order valence-electron chi connectivity index (χ1n) is 27.5. The monoisotopic (exact) mass is 1040 g/mol. The lowest BCUT2D eigenvalue weighted by Gasteiger charge is -2.46. The van der Waals surface area contributed by atoms with E-state index in [1.165, 1.54) is 65.3 Å². The molecule has 0 fully saturated rings. The second-order valence-electron chi connectivity index (χ2n) is 20.8. The van der Waals surface area contributed by atoms with Crippen molar-refractivity contribution in [1.82, 2.24) is 0 Å². The van der Waals surface area contributed by atoms with E-state index in [0.29, 0.717) is 0 Å². The van der Waals surface area contributed by atoms with Gasteiger partial charge in [-0.2, -0.15) is 0 Å². The summed E-state index contributed by atoms with van der Waals surface area (Å²) in [5, 5.41) is 0. The third-order valence-electron chi connectivity index (χ3n) is 16.4. The summed E-state index contributed by atoms with van der Waals surface area (Å²) >= 11 is 1.91. The predicted octanol–water partition coefficient (Wildman–Crippen LogP) is 15.5. The Morgan fingerprint density at radius 3 is 1.00 bits per heavy atom. The molecule has 4 aliphatic heterocycles. The molecule has 12 aromatic carbocycles. The fourth-order valence-corrected chi connectivity index (χ4v) is 14.4. The number of hydrogen-bond donors (Lipinski definition) is 0. The van der Waals surface area contributed by atoms with Crippen LogP contribution in [0.4, 0.5) is 85.3 Å². The molecule has 5 nitrogen and oxygen atoms in total. The third-order valence-corrected chi connectivity index (χ3v) is 17.5. The van der Waals surface area contributed by atoms with Crippen molar-refractivity contribution >= 4 is 143 Å². The van der Waals surface area contributed by atoms with E-state index in [2.05, 4.69) is 322 Å². The average molecular weight is 1040 g/mol. The molecule has 80 heavy (non-hydrogen) atoms. The second-order valence-corrected chi connectivity index (χ2v) is 21.9.